The molecule has 0 amide bonds. The van der Waals surface area contributed by atoms with E-state index in [4.69, 9.17) is 0 Å². The molecule has 0 spiro atoms. The van der Waals surface area contributed by atoms with Gasteiger partial charge in [0, 0.05) is 12.7 Å². The first-order valence-electron chi connectivity index (χ1n) is 4.00. The second-order valence-corrected chi connectivity index (χ2v) is 3.69. The number of imidazole rings is 1. The molecule has 66 valence electrons. The Kier molecular flexibility index (Phi) is 1.36. The van der Waals surface area contributed by atoms with E-state index < -0.39 is 0 Å². The van der Waals surface area contributed by atoms with Gasteiger partial charge in [0.1, 0.15) is 0 Å². The molecule has 0 atom stereocenters. The molecule has 0 fully saturated rings. The molecule has 1 aliphatic rings. The molecule has 13 heavy (non-hydrogen) atoms. The molecule has 0 saturated heterocycles. The van der Waals surface area contributed by atoms with Gasteiger partial charge < -0.3 is 4.90 Å². The van der Waals surface area contributed by atoms with E-state index in [9.17, 15) is 0 Å². The summed E-state index contributed by atoms with van der Waals surface area (Å²) in [6.45, 7) is 1.79. The molecule has 0 saturated carbocycles. The predicted molar refractivity (Wildman–Crippen MR) is 51.6 cm³/mol. The first kappa shape index (κ1) is 7.02. The zero-order valence-electron chi connectivity index (χ0n) is 6.79. The Labute approximate surface area is 78.3 Å². The lowest BCUT2D eigenvalue weighted by Crippen LogP contribution is -2.17. The lowest BCUT2D eigenvalue weighted by molar-refractivity contribution is 0.935. The van der Waals surface area contributed by atoms with Gasteiger partial charge in [-0.05, 0) is 0 Å². The number of rotatable bonds is 1. The van der Waals surface area contributed by atoms with Crippen LogP contribution in [0.25, 0.3) is 4.96 Å². The predicted octanol–water partition coefficient (Wildman–Crippen LogP) is 0.639. The number of nitrogens with zero attached hydrogens (tertiary/aromatic N) is 5. The van der Waals surface area contributed by atoms with Gasteiger partial charge in [-0.2, -0.15) is 0 Å². The fourth-order valence-electron chi connectivity index (χ4n) is 1.27. The monoisotopic (exact) mass is 193 g/mol. The van der Waals surface area contributed by atoms with E-state index in [0.717, 1.165) is 23.2 Å². The topological polar surface area (TPSA) is 45.8 Å². The molecule has 0 radical (unpaired) electrons. The Bertz CT molecular complexity index is 428. The molecule has 2 aromatic heterocycles. The van der Waals surface area contributed by atoms with Gasteiger partial charge in [0.25, 0.3) is 0 Å². The standard InChI is InChI=1S/C7H7N5S/c1-3-11(5-8-1)7-10-12-4-2-9-6(12)13-7/h2,4-5H,1,3H2. The maximum atomic E-state index is 4.36. The molecule has 0 unspecified atom stereocenters. The van der Waals surface area contributed by atoms with Crippen LogP contribution in [0.4, 0.5) is 5.13 Å². The van der Waals surface area contributed by atoms with Gasteiger partial charge in [-0.15, -0.1) is 5.10 Å². The molecule has 5 nitrogen and oxygen atoms in total. The molecule has 0 aromatic carbocycles. The van der Waals surface area contributed by atoms with Crippen molar-refractivity contribution in [1.29, 1.82) is 0 Å². The fourth-order valence-corrected chi connectivity index (χ4v) is 2.12. The number of aromatic nitrogens is 3. The van der Waals surface area contributed by atoms with Crippen LogP contribution in [0, 0.1) is 0 Å². The third-order valence-corrected chi connectivity index (χ3v) is 2.88. The van der Waals surface area contributed by atoms with Crippen LogP contribution in [0.5, 0.6) is 0 Å². The van der Waals surface area contributed by atoms with E-state index in [2.05, 4.69) is 15.1 Å². The average Bonchev–Trinajstić information content (AvgIpc) is 2.78. The SMILES string of the molecule is C1=NCCN1c1nn2ccnc2s1. The van der Waals surface area contributed by atoms with Crippen LogP contribution in [0.3, 0.4) is 0 Å². The first-order valence-corrected chi connectivity index (χ1v) is 4.82. The van der Waals surface area contributed by atoms with Crippen LogP contribution in [-0.2, 0) is 0 Å². The molecule has 6 heteroatoms. The first-order chi connectivity index (χ1) is 6.43. The smallest absolute Gasteiger partial charge is 0.213 e. The van der Waals surface area contributed by atoms with Gasteiger partial charge in [-0.1, -0.05) is 11.3 Å². The highest BCUT2D eigenvalue weighted by atomic mass is 32.1. The minimum absolute atomic E-state index is 0.863. The van der Waals surface area contributed by atoms with E-state index in [1.807, 2.05) is 17.4 Å². The summed E-state index contributed by atoms with van der Waals surface area (Å²) in [7, 11) is 0. The van der Waals surface area contributed by atoms with Crippen LogP contribution in [-0.4, -0.2) is 34.0 Å². The highest BCUT2D eigenvalue weighted by Gasteiger charge is 2.13. The summed E-state index contributed by atoms with van der Waals surface area (Å²) in [5.41, 5.74) is 0. The van der Waals surface area contributed by atoms with Crippen LogP contribution < -0.4 is 4.90 Å². The Morgan fingerprint density at radius 3 is 3.23 bits per heavy atom. The van der Waals surface area contributed by atoms with Gasteiger partial charge in [0.2, 0.25) is 10.1 Å². The average molecular weight is 193 g/mol. The van der Waals surface area contributed by atoms with E-state index in [1.165, 1.54) is 0 Å². The molecular formula is C7H7N5S. The van der Waals surface area contributed by atoms with Gasteiger partial charge >= 0.3 is 0 Å². The largest absolute Gasteiger partial charge is 0.305 e. The number of hydrogen-bond acceptors (Lipinski definition) is 5. The van der Waals surface area contributed by atoms with Gasteiger partial charge in [-0.3, -0.25) is 4.99 Å². The summed E-state index contributed by atoms with van der Waals surface area (Å²) in [6, 6.07) is 0. The van der Waals surface area contributed by atoms with Crippen LogP contribution in [0.15, 0.2) is 17.4 Å². The van der Waals surface area contributed by atoms with Crippen molar-refractivity contribution in [2.24, 2.45) is 4.99 Å². The molecule has 0 N–H and O–H groups in total. The lowest BCUT2D eigenvalue weighted by Gasteiger charge is -2.06. The van der Waals surface area contributed by atoms with Crippen molar-refractivity contribution in [3.05, 3.63) is 12.4 Å². The molecule has 2 aromatic rings. The van der Waals surface area contributed by atoms with Crippen molar-refractivity contribution in [2.75, 3.05) is 18.0 Å². The Morgan fingerprint density at radius 1 is 1.46 bits per heavy atom. The summed E-state index contributed by atoms with van der Waals surface area (Å²) in [5, 5.41) is 5.32. The summed E-state index contributed by atoms with van der Waals surface area (Å²) in [6.07, 6.45) is 5.43. The molecule has 0 bridgehead atoms. The van der Waals surface area contributed by atoms with Gasteiger partial charge in [0.05, 0.1) is 19.1 Å². The van der Waals surface area contributed by atoms with Crippen LogP contribution in [0.2, 0.25) is 0 Å². The molecule has 1 aliphatic heterocycles. The molecule has 3 rings (SSSR count). The second kappa shape index (κ2) is 2.53. The molecule has 3 heterocycles. The Balaban J connectivity index is 2.07. The van der Waals surface area contributed by atoms with Crippen LogP contribution >= 0.6 is 11.3 Å². The zero-order chi connectivity index (χ0) is 8.67. The zero-order valence-corrected chi connectivity index (χ0v) is 7.61. The van der Waals surface area contributed by atoms with Crippen molar-refractivity contribution in [3.8, 4) is 0 Å². The minimum atomic E-state index is 0.863. The van der Waals surface area contributed by atoms with Gasteiger partial charge in [0.15, 0.2) is 0 Å². The summed E-state index contributed by atoms with van der Waals surface area (Å²) < 4.78 is 1.78. The third-order valence-electron chi connectivity index (χ3n) is 1.90. The Morgan fingerprint density at radius 2 is 2.46 bits per heavy atom. The second-order valence-electron chi connectivity index (χ2n) is 2.75. The van der Waals surface area contributed by atoms with Crippen LogP contribution in [0.1, 0.15) is 0 Å². The summed E-state index contributed by atoms with van der Waals surface area (Å²) in [4.78, 5) is 11.3. The fraction of sp³-hybridized carbons (Fsp3) is 0.286. The normalized spacial score (nSPS) is 16.2. The van der Waals surface area contributed by atoms with Crippen molar-refractivity contribution < 1.29 is 0 Å². The number of aliphatic imine (C=N–C) groups is 1. The lowest BCUT2D eigenvalue weighted by atomic mass is 10.6. The summed E-state index contributed by atoms with van der Waals surface area (Å²) >= 11 is 1.58. The van der Waals surface area contributed by atoms with E-state index in [-0.39, 0.29) is 0 Å². The van der Waals surface area contributed by atoms with Gasteiger partial charge in [-0.25, -0.2) is 9.50 Å². The Hall–Kier alpha value is -1.43. The van der Waals surface area contributed by atoms with Crippen molar-refractivity contribution in [3.63, 3.8) is 0 Å². The van der Waals surface area contributed by atoms with Crippen molar-refractivity contribution >= 4 is 27.8 Å². The molecular weight excluding hydrogens is 186 g/mol. The number of hydrogen-bond donors (Lipinski definition) is 0. The number of anilines is 1. The molecule has 0 aliphatic carbocycles. The van der Waals surface area contributed by atoms with E-state index in [0.29, 0.717) is 0 Å². The van der Waals surface area contributed by atoms with E-state index in [1.54, 1.807) is 22.0 Å². The summed E-state index contributed by atoms with van der Waals surface area (Å²) in [5.74, 6) is 0. The maximum absolute atomic E-state index is 4.36. The maximum Gasteiger partial charge on any atom is 0.213 e. The van der Waals surface area contributed by atoms with Crippen molar-refractivity contribution in [1.82, 2.24) is 14.6 Å². The number of fused-ring (bicyclic) bond motifs is 1. The van der Waals surface area contributed by atoms with E-state index >= 15 is 0 Å². The van der Waals surface area contributed by atoms with Crippen molar-refractivity contribution in [2.45, 2.75) is 0 Å². The third kappa shape index (κ3) is 1.02. The highest BCUT2D eigenvalue weighted by molar-refractivity contribution is 7.20. The minimum Gasteiger partial charge on any atom is -0.305 e. The quantitative estimate of drug-likeness (QED) is 0.667. The highest BCUT2D eigenvalue weighted by Crippen LogP contribution is 2.21.